The van der Waals surface area contributed by atoms with Crippen LogP contribution in [-0.2, 0) is 24.3 Å². The molecule has 0 atom stereocenters. The molecule has 0 radical (unpaired) electrons. The summed E-state index contributed by atoms with van der Waals surface area (Å²) in [6.07, 6.45) is 0. The van der Waals surface area contributed by atoms with Gasteiger partial charge >= 0.3 is 5.97 Å². The van der Waals surface area contributed by atoms with E-state index < -0.39 is 28.5 Å². The number of amides is 1. The number of hydrogen-bond donors (Lipinski definition) is 2. The summed E-state index contributed by atoms with van der Waals surface area (Å²) < 4.78 is 37.0. The number of carbonyl (C=O) groups excluding carboxylic acids is 2. The summed E-state index contributed by atoms with van der Waals surface area (Å²) in [6.45, 7) is 2.14. The Morgan fingerprint density at radius 2 is 1.64 bits per heavy atom. The van der Waals surface area contributed by atoms with Gasteiger partial charge < -0.3 is 14.8 Å². The van der Waals surface area contributed by atoms with E-state index in [1.165, 1.54) is 31.4 Å². The average molecular weight is 406 g/mol. The number of benzene rings is 2. The van der Waals surface area contributed by atoms with E-state index in [1.807, 2.05) is 6.92 Å². The highest BCUT2D eigenvalue weighted by Crippen LogP contribution is 2.17. The Hall–Kier alpha value is -2.91. The van der Waals surface area contributed by atoms with E-state index in [0.29, 0.717) is 18.8 Å². The van der Waals surface area contributed by atoms with Gasteiger partial charge in [0.25, 0.3) is 15.9 Å². The van der Waals surface area contributed by atoms with Gasteiger partial charge in [0.2, 0.25) is 0 Å². The Bertz CT molecular complexity index is 908. The van der Waals surface area contributed by atoms with E-state index >= 15 is 0 Å². The third-order valence-corrected chi connectivity index (χ3v) is 5.06. The van der Waals surface area contributed by atoms with Gasteiger partial charge in [0.15, 0.2) is 6.61 Å². The fourth-order valence-electron chi connectivity index (χ4n) is 2.16. The van der Waals surface area contributed by atoms with Gasteiger partial charge in [0, 0.05) is 19.3 Å². The van der Waals surface area contributed by atoms with E-state index in [1.54, 1.807) is 24.3 Å². The van der Waals surface area contributed by atoms with Crippen LogP contribution in [0.5, 0.6) is 0 Å². The second kappa shape index (κ2) is 9.86. The van der Waals surface area contributed by atoms with Crippen molar-refractivity contribution in [3.63, 3.8) is 0 Å². The van der Waals surface area contributed by atoms with Crippen molar-refractivity contribution in [2.75, 3.05) is 31.6 Å². The molecule has 9 heteroatoms. The molecule has 2 aromatic rings. The van der Waals surface area contributed by atoms with Crippen LogP contribution in [0.15, 0.2) is 53.4 Å². The van der Waals surface area contributed by atoms with Gasteiger partial charge in [-0.1, -0.05) is 17.7 Å². The first-order chi connectivity index (χ1) is 13.3. The molecular formula is C19H22N2O6S. The van der Waals surface area contributed by atoms with Crippen LogP contribution in [0.4, 0.5) is 5.69 Å². The molecule has 0 unspecified atom stereocenters. The largest absolute Gasteiger partial charge is 0.452 e. The van der Waals surface area contributed by atoms with E-state index in [4.69, 9.17) is 9.47 Å². The second-order valence-electron chi connectivity index (χ2n) is 5.91. The van der Waals surface area contributed by atoms with E-state index in [0.717, 1.165) is 5.56 Å². The highest BCUT2D eigenvalue weighted by atomic mass is 32.2. The first kappa shape index (κ1) is 21.4. The average Bonchev–Trinajstić information content (AvgIpc) is 2.68. The monoisotopic (exact) mass is 406 g/mol. The molecule has 1 amide bonds. The maximum atomic E-state index is 12.4. The first-order valence-electron chi connectivity index (χ1n) is 8.44. The molecule has 0 saturated heterocycles. The lowest BCUT2D eigenvalue weighted by Crippen LogP contribution is -2.31. The maximum absolute atomic E-state index is 12.4. The minimum atomic E-state index is -3.79. The fourth-order valence-corrected chi connectivity index (χ4v) is 3.22. The smallest absolute Gasteiger partial charge is 0.338 e. The molecule has 2 N–H and O–H groups in total. The van der Waals surface area contributed by atoms with Crippen molar-refractivity contribution in [1.29, 1.82) is 0 Å². The molecule has 0 aliphatic rings. The van der Waals surface area contributed by atoms with Gasteiger partial charge in [0.1, 0.15) is 0 Å². The third kappa shape index (κ3) is 6.36. The van der Waals surface area contributed by atoms with Crippen molar-refractivity contribution >= 4 is 27.6 Å². The lowest BCUT2D eigenvalue weighted by Gasteiger charge is -2.09. The Morgan fingerprint density at radius 1 is 1.00 bits per heavy atom. The topological polar surface area (TPSA) is 111 Å². The fraction of sp³-hybridized carbons (Fsp3) is 0.263. The zero-order chi connectivity index (χ0) is 20.6. The van der Waals surface area contributed by atoms with Gasteiger partial charge in [-0.15, -0.1) is 0 Å². The van der Waals surface area contributed by atoms with Gasteiger partial charge in [-0.3, -0.25) is 9.52 Å². The van der Waals surface area contributed by atoms with Crippen LogP contribution in [-0.4, -0.2) is 47.2 Å². The lowest BCUT2D eigenvalue weighted by atomic mass is 10.2. The quantitative estimate of drug-likeness (QED) is 0.485. The van der Waals surface area contributed by atoms with E-state index in [9.17, 15) is 18.0 Å². The molecule has 0 aliphatic heterocycles. The molecule has 0 aliphatic carbocycles. The molecule has 8 nitrogen and oxygen atoms in total. The lowest BCUT2D eigenvalue weighted by molar-refractivity contribution is -0.124. The van der Waals surface area contributed by atoms with Crippen molar-refractivity contribution in [2.45, 2.75) is 11.8 Å². The van der Waals surface area contributed by atoms with Crippen molar-refractivity contribution in [1.82, 2.24) is 5.32 Å². The molecular weight excluding hydrogens is 384 g/mol. The summed E-state index contributed by atoms with van der Waals surface area (Å²) in [5.41, 5.74) is 1.59. The summed E-state index contributed by atoms with van der Waals surface area (Å²) in [4.78, 5) is 23.5. The van der Waals surface area contributed by atoms with Gasteiger partial charge in [-0.25, -0.2) is 13.2 Å². The molecule has 0 bridgehead atoms. The number of methoxy groups -OCH3 is 1. The van der Waals surface area contributed by atoms with Crippen LogP contribution in [0.2, 0.25) is 0 Å². The zero-order valence-corrected chi connectivity index (χ0v) is 16.4. The summed E-state index contributed by atoms with van der Waals surface area (Å²) in [6, 6.07) is 12.2. The predicted molar refractivity (Wildman–Crippen MR) is 104 cm³/mol. The number of esters is 1. The number of anilines is 1. The molecule has 28 heavy (non-hydrogen) atoms. The molecule has 0 saturated carbocycles. The summed E-state index contributed by atoms with van der Waals surface area (Å²) in [5.74, 6) is -1.18. The number of ether oxygens (including phenoxy) is 2. The van der Waals surface area contributed by atoms with Crippen LogP contribution in [0.1, 0.15) is 15.9 Å². The van der Waals surface area contributed by atoms with Gasteiger partial charge in [0.05, 0.1) is 17.1 Å². The van der Waals surface area contributed by atoms with Crippen molar-refractivity contribution in [3.05, 3.63) is 59.7 Å². The van der Waals surface area contributed by atoms with Crippen molar-refractivity contribution < 1.29 is 27.5 Å². The van der Waals surface area contributed by atoms with Gasteiger partial charge in [-0.2, -0.15) is 0 Å². The maximum Gasteiger partial charge on any atom is 0.338 e. The molecule has 0 fully saturated rings. The predicted octanol–water partition coefficient (Wildman–Crippen LogP) is 1.72. The van der Waals surface area contributed by atoms with Crippen LogP contribution in [0.25, 0.3) is 0 Å². The Morgan fingerprint density at radius 3 is 2.25 bits per heavy atom. The molecule has 0 spiro atoms. The SMILES string of the molecule is COCCNC(=O)COC(=O)c1ccc(S(=O)(=O)Nc2ccc(C)cc2)cc1. The number of nitrogens with one attached hydrogen (secondary N) is 2. The summed E-state index contributed by atoms with van der Waals surface area (Å²) in [7, 11) is -2.28. The standard InChI is InChI=1S/C19H22N2O6S/c1-14-3-7-16(8-4-14)21-28(24,25)17-9-5-15(6-10-17)19(23)27-13-18(22)20-11-12-26-2/h3-10,21H,11-13H2,1-2H3,(H,20,22). The van der Waals surface area contributed by atoms with Crippen LogP contribution in [0.3, 0.4) is 0 Å². The zero-order valence-electron chi connectivity index (χ0n) is 15.6. The van der Waals surface area contributed by atoms with E-state index in [2.05, 4.69) is 10.0 Å². The molecule has 150 valence electrons. The van der Waals surface area contributed by atoms with Crippen LogP contribution >= 0.6 is 0 Å². The highest BCUT2D eigenvalue weighted by Gasteiger charge is 2.16. The Balaban J connectivity index is 1.95. The number of hydrogen-bond acceptors (Lipinski definition) is 6. The van der Waals surface area contributed by atoms with E-state index in [-0.39, 0.29) is 10.5 Å². The minimum absolute atomic E-state index is 0.00179. The summed E-state index contributed by atoms with van der Waals surface area (Å²) in [5, 5.41) is 2.52. The van der Waals surface area contributed by atoms with Crippen LogP contribution in [0, 0.1) is 6.92 Å². The molecule has 2 aromatic carbocycles. The minimum Gasteiger partial charge on any atom is -0.452 e. The third-order valence-electron chi connectivity index (χ3n) is 3.67. The Labute approximate surface area is 163 Å². The number of carbonyl (C=O) groups is 2. The van der Waals surface area contributed by atoms with Crippen molar-refractivity contribution in [3.8, 4) is 0 Å². The normalized spacial score (nSPS) is 10.9. The van der Waals surface area contributed by atoms with Crippen LogP contribution < -0.4 is 10.0 Å². The number of aryl methyl sites for hydroxylation is 1. The Kier molecular flexibility index (Phi) is 7.53. The number of rotatable bonds is 9. The second-order valence-corrected chi connectivity index (χ2v) is 7.60. The molecule has 2 rings (SSSR count). The number of sulfonamides is 1. The summed E-state index contributed by atoms with van der Waals surface area (Å²) >= 11 is 0. The highest BCUT2D eigenvalue weighted by molar-refractivity contribution is 7.92. The van der Waals surface area contributed by atoms with Gasteiger partial charge in [-0.05, 0) is 43.3 Å². The molecule has 0 aromatic heterocycles. The van der Waals surface area contributed by atoms with Crippen molar-refractivity contribution in [2.24, 2.45) is 0 Å². The molecule has 0 heterocycles. The first-order valence-corrected chi connectivity index (χ1v) is 9.92.